The van der Waals surface area contributed by atoms with E-state index in [-0.39, 0.29) is 0 Å². The molecule has 1 unspecified atom stereocenters. The van der Waals surface area contributed by atoms with E-state index in [1.54, 1.807) is 0 Å². The predicted molar refractivity (Wildman–Crippen MR) is 74.0 cm³/mol. The van der Waals surface area contributed by atoms with E-state index in [0.717, 1.165) is 19.8 Å². The summed E-state index contributed by atoms with van der Waals surface area (Å²) >= 11 is 0. The third kappa shape index (κ3) is 1.66. The molecule has 1 saturated heterocycles. The second-order valence-corrected chi connectivity index (χ2v) is 5.11. The van der Waals surface area contributed by atoms with Gasteiger partial charge in [-0.2, -0.15) is 0 Å². The zero-order valence-corrected chi connectivity index (χ0v) is 11.3. The summed E-state index contributed by atoms with van der Waals surface area (Å²) in [7, 11) is 2.15. The second kappa shape index (κ2) is 4.41. The molecule has 3 heteroatoms. The molecular weight excluding hydrogens is 224 g/mol. The Bertz CT molecular complexity index is 580. The highest BCUT2D eigenvalue weighted by Crippen LogP contribution is 2.32. The summed E-state index contributed by atoms with van der Waals surface area (Å²) in [5, 5.41) is 4.92. The van der Waals surface area contributed by atoms with Crippen LogP contribution < -0.4 is 5.32 Å². The van der Waals surface area contributed by atoms with Gasteiger partial charge >= 0.3 is 0 Å². The number of fused-ring (bicyclic) bond motifs is 1. The lowest BCUT2D eigenvalue weighted by molar-refractivity contribution is 0.0770. The van der Waals surface area contributed by atoms with Crippen molar-refractivity contribution in [2.45, 2.75) is 19.9 Å². The van der Waals surface area contributed by atoms with Crippen LogP contribution in [0.15, 0.2) is 18.2 Å². The van der Waals surface area contributed by atoms with Crippen LogP contribution in [0, 0.1) is 13.8 Å². The van der Waals surface area contributed by atoms with E-state index >= 15 is 0 Å². The number of nitrogens with zero attached hydrogens (tertiary/aromatic N) is 1. The van der Waals surface area contributed by atoms with Crippen LogP contribution in [0.5, 0.6) is 0 Å². The van der Waals surface area contributed by atoms with Gasteiger partial charge in [-0.15, -0.1) is 0 Å². The van der Waals surface area contributed by atoms with E-state index in [4.69, 9.17) is 4.74 Å². The Morgan fingerprint density at radius 3 is 2.89 bits per heavy atom. The monoisotopic (exact) mass is 244 g/mol. The minimum absolute atomic E-state index is 0.323. The zero-order chi connectivity index (χ0) is 12.7. The lowest BCUT2D eigenvalue weighted by Gasteiger charge is -2.24. The molecule has 2 heterocycles. The first-order chi connectivity index (χ1) is 8.70. The van der Waals surface area contributed by atoms with Crippen LogP contribution in [0.25, 0.3) is 10.9 Å². The number of rotatable bonds is 1. The Hall–Kier alpha value is -1.32. The largest absolute Gasteiger partial charge is 0.378 e. The Morgan fingerprint density at radius 2 is 2.17 bits per heavy atom. The molecule has 1 N–H and O–H groups in total. The van der Waals surface area contributed by atoms with E-state index in [9.17, 15) is 0 Å². The predicted octanol–water partition coefficient (Wildman–Crippen LogP) is 2.46. The molecule has 0 bridgehead atoms. The van der Waals surface area contributed by atoms with Gasteiger partial charge in [0.25, 0.3) is 0 Å². The molecule has 0 amide bonds. The number of para-hydroxylation sites is 1. The average molecular weight is 244 g/mol. The van der Waals surface area contributed by atoms with E-state index < -0.39 is 0 Å². The summed E-state index contributed by atoms with van der Waals surface area (Å²) < 4.78 is 7.91. The van der Waals surface area contributed by atoms with Crippen molar-refractivity contribution in [3.05, 3.63) is 35.0 Å². The first kappa shape index (κ1) is 11.8. The molecule has 1 aliphatic heterocycles. The van der Waals surface area contributed by atoms with Crippen LogP contribution in [-0.2, 0) is 11.8 Å². The average Bonchev–Trinajstić information content (AvgIpc) is 2.64. The van der Waals surface area contributed by atoms with Crippen LogP contribution in [-0.4, -0.2) is 24.3 Å². The van der Waals surface area contributed by atoms with E-state index in [1.165, 1.54) is 27.7 Å². The summed E-state index contributed by atoms with van der Waals surface area (Å²) in [6, 6.07) is 6.87. The zero-order valence-electron chi connectivity index (χ0n) is 11.3. The van der Waals surface area contributed by atoms with E-state index in [1.807, 2.05) is 0 Å². The van der Waals surface area contributed by atoms with Gasteiger partial charge in [0.1, 0.15) is 0 Å². The normalized spacial score (nSPS) is 20.5. The van der Waals surface area contributed by atoms with Gasteiger partial charge in [0.05, 0.1) is 24.8 Å². The molecule has 3 nitrogen and oxygen atoms in total. The molecule has 0 radical (unpaired) electrons. The second-order valence-electron chi connectivity index (χ2n) is 5.11. The fourth-order valence-corrected chi connectivity index (χ4v) is 3.06. The van der Waals surface area contributed by atoms with Crippen LogP contribution >= 0.6 is 0 Å². The number of morpholine rings is 1. The van der Waals surface area contributed by atoms with Crippen molar-refractivity contribution in [1.82, 2.24) is 9.88 Å². The lowest BCUT2D eigenvalue weighted by Crippen LogP contribution is -2.34. The molecule has 96 valence electrons. The SMILES string of the molecule is Cc1cccc2c(C3COCCN3)c(C)n(C)c12. The molecular formula is C15H20N2O. The number of hydrogen-bond donors (Lipinski definition) is 1. The van der Waals surface area contributed by atoms with Crippen molar-refractivity contribution in [2.24, 2.45) is 7.05 Å². The van der Waals surface area contributed by atoms with Gasteiger partial charge in [0.15, 0.2) is 0 Å². The maximum Gasteiger partial charge on any atom is 0.0663 e. The van der Waals surface area contributed by atoms with Gasteiger partial charge in [0.2, 0.25) is 0 Å². The van der Waals surface area contributed by atoms with Gasteiger partial charge in [0, 0.05) is 24.7 Å². The van der Waals surface area contributed by atoms with Gasteiger partial charge < -0.3 is 14.6 Å². The molecule has 3 rings (SSSR count). The minimum Gasteiger partial charge on any atom is -0.378 e. The molecule has 2 aromatic rings. The summed E-state index contributed by atoms with van der Waals surface area (Å²) in [5.74, 6) is 0. The van der Waals surface area contributed by atoms with Gasteiger partial charge in [-0.25, -0.2) is 0 Å². The molecule has 18 heavy (non-hydrogen) atoms. The maximum absolute atomic E-state index is 5.61. The first-order valence-electron chi connectivity index (χ1n) is 6.55. The molecule has 1 fully saturated rings. The summed E-state index contributed by atoms with van der Waals surface area (Å²) in [5.41, 5.74) is 5.41. The smallest absolute Gasteiger partial charge is 0.0663 e. The summed E-state index contributed by atoms with van der Waals surface area (Å²) in [6.45, 7) is 6.90. The number of aryl methyl sites for hydroxylation is 2. The first-order valence-corrected chi connectivity index (χ1v) is 6.55. The van der Waals surface area contributed by atoms with Gasteiger partial charge in [-0.1, -0.05) is 18.2 Å². The van der Waals surface area contributed by atoms with Crippen molar-refractivity contribution < 1.29 is 4.74 Å². The third-order valence-electron chi connectivity index (χ3n) is 4.03. The van der Waals surface area contributed by atoms with Crippen molar-refractivity contribution in [3.63, 3.8) is 0 Å². The fraction of sp³-hybridized carbons (Fsp3) is 0.467. The topological polar surface area (TPSA) is 26.2 Å². The van der Waals surface area contributed by atoms with Crippen LogP contribution in [0.2, 0.25) is 0 Å². The number of hydrogen-bond acceptors (Lipinski definition) is 2. The molecule has 0 saturated carbocycles. The Balaban J connectivity index is 2.22. The Kier molecular flexibility index (Phi) is 2.88. The van der Waals surface area contributed by atoms with Crippen LogP contribution in [0.3, 0.4) is 0 Å². The molecule has 1 aliphatic rings. The molecule has 1 aromatic carbocycles. The van der Waals surface area contributed by atoms with Crippen LogP contribution in [0.1, 0.15) is 22.9 Å². The highest BCUT2D eigenvalue weighted by atomic mass is 16.5. The summed E-state index contributed by atoms with van der Waals surface area (Å²) in [4.78, 5) is 0. The number of benzene rings is 1. The van der Waals surface area contributed by atoms with Crippen molar-refractivity contribution >= 4 is 10.9 Å². The van der Waals surface area contributed by atoms with Crippen molar-refractivity contribution in [2.75, 3.05) is 19.8 Å². The Morgan fingerprint density at radius 1 is 1.33 bits per heavy atom. The molecule has 0 aliphatic carbocycles. The number of aromatic nitrogens is 1. The van der Waals surface area contributed by atoms with Crippen molar-refractivity contribution in [3.8, 4) is 0 Å². The summed E-state index contributed by atoms with van der Waals surface area (Å²) in [6.07, 6.45) is 0. The van der Waals surface area contributed by atoms with Crippen LogP contribution in [0.4, 0.5) is 0 Å². The van der Waals surface area contributed by atoms with E-state index in [2.05, 4.69) is 49.0 Å². The lowest BCUT2D eigenvalue weighted by atomic mass is 10.0. The molecule has 0 spiro atoms. The minimum atomic E-state index is 0.323. The van der Waals surface area contributed by atoms with Crippen molar-refractivity contribution in [1.29, 1.82) is 0 Å². The standard InChI is InChI=1S/C15H20N2O/c1-10-5-4-6-12-14(11(2)17(3)15(10)12)13-9-18-8-7-16-13/h4-6,13,16H,7-9H2,1-3H3. The molecule has 1 aromatic heterocycles. The van der Waals surface area contributed by atoms with Gasteiger partial charge in [-0.3, -0.25) is 0 Å². The van der Waals surface area contributed by atoms with Gasteiger partial charge in [-0.05, 0) is 25.0 Å². The third-order valence-corrected chi connectivity index (χ3v) is 4.03. The Labute approximate surface area is 108 Å². The quantitative estimate of drug-likeness (QED) is 0.834. The number of ether oxygens (including phenoxy) is 1. The fourth-order valence-electron chi connectivity index (χ4n) is 3.06. The molecule has 1 atom stereocenters. The number of nitrogens with one attached hydrogen (secondary N) is 1. The highest BCUT2D eigenvalue weighted by Gasteiger charge is 2.23. The highest BCUT2D eigenvalue weighted by molar-refractivity contribution is 5.88. The van der Waals surface area contributed by atoms with E-state index in [0.29, 0.717) is 6.04 Å². The maximum atomic E-state index is 5.61.